The van der Waals surface area contributed by atoms with Crippen molar-refractivity contribution >= 4 is 24.0 Å². The first-order chi connectivity index (χ1) is 9.81. The third-order valence-corrected chi connectivity index (χ3v) is 3.87. The van der Waals surface area contributed by atoms with Crippen LogP contribution in [0.3, 0.4) is 0 Å². The molecular weight excluding hydrogens is 309 g/mol. The van der Waals surface area contributed by atoms with E-state index in [2.05, 4.69) is 20.3 Å². The number of benzene rings is 1. The number of rotatable bonds is 4. The number of likely N-dealkylation sites (tertiary alicyclic amines) is 1. The van der Waals surface area contributed by atoms with Gasteiger partial charge in [0.25, 0.3) is 0 Å². The quantitative estimate of drug-likeness (QED) is 0.866. The summed E-state index contributed by atoms with van der Waals surface area (Å²) in [7, 11) is 0. The van der Waals surface area contributed by atoms with E-state index >= 15 is 0 Å². The highest BCUT2D eigenvalue weighted by atomic mass is 35.5. The summed E-state index contributed by atoms with van der Waals surface area (Å²) in [4.78, 5) is 4.15. The SMILES string of the molecule is Cl.Clc1ccc(-c2nnn(CCN3CCCCC3)n2)cc1. The summed E-state index contributed by atoms with van der Waals surface area (Å²) in [6.07, 6.45) is 3.97. The maximum absolute atomic E-state index is 5.87. The molecule has 7 heteroatoms. The molecule has 1 aromatic heterocycles. The number of hydrogen-bond acceptors (Lipinski definition) is 4. The Hall–Kier alpha value is -1.17. The van der Waals surface area contributed by atoms with E-state index in [1.807, 2.05) is 24.3 Å². The van der Waals surface area contributed by atoms with E-state index in [1.54, 1.807) is 4.80 Å². The van der Waals surface area contributed by atoms with E-state index in [-0.39, 0.29) is 12.4 Å². The van der Waals surface area contributed by atoms with Crippen LogP contribution in [0.4, 0.5) is 0 Å². The van der Waals surface area contributed by atoms with Gasteiger partial charge in [-0.25, -0.2) is 0 Å². The van der Waals surface area contributed by atoms with Crippen molar-refractivity contribution in [2.75, 3.05) is 19.6 Å². The molecule has 114 valence electrons. The first kappa shape index (κ1) is 16.2. The highest BCUT2D eigenvalue weighted by Gasteiger charge is 2.11. The van der Waals surface area contributed by atoms with Crippen LogP contribution in [0.25, 0.3) is 11.4 Å². The Kier molecular flexibility index (Phi) is 5.96. The smallest absolute Gasteiger partial charge is 0.204 e. The third kappa shape index (κ3) is 4.40. The maximum atomic E-state index is 5.87. The Balaban J connectivity index is 0.00000161. The van der Waals surface area contributed by atoms with Gasteiger partial charge in [0.15, 0.2) is 0 Å². The van der Waals surface area contributed by atoms with Crippen molar-refractivity contribution in [3.8, 4) is 11.4 Å². The zero-order valence-electron chi connectivity index (χ0n) is 11.8. The molecule has 3 rings (SSSR count). The van der Waals surface area contributed by atoms with Gasteiger partial charge in [-0.1, -0.05) is 18.0 Å². The average Bonchev–Trinajstić information content (AvgIpc) is 2.96. The van der Waals surface area contributed by atoms with Crippen molar-refractivity contribution in [2.24, 2.45) is 0 Å². The van der Waals surface area contributed by atoms with Crippen molar-refractivity contribution in [3.63, 3.8) is 0 Å². The van der Waals surface area contributed by atoms with Crippen LogP contribution in [0, 0.1) is 0 Å². The molecule has 1 saturated heterocycles. The predicted octanol–water partition coefficient (Wildman–Crippen LogP) is 2.90. The molecule has 0 radical (unpaired) electrons. The molecule has 0 bridgehead atoms. The summed E-state index contributed by atoms with van der Waals surface area (Å²) in [5.41, 5.74) is 0.943. The number of piperidine rings is 1. The van der Waals surface area contributed by atoms with Gasteiger partial charge in [-0.05, 0) is 55.4 Å². The van der Waals surface area contributed by atoms with Crippen molar-refractivity contribution in [1.29, 1.82) is 0 Å². The van der Waals surface area contributed by atoms with Crippen molar-refractivity contribution in [3.05, 3.63) is 29.3 Å². The molecule has 2 aromatic rings. The summed E-state index contributed by atoms with van der Waals surface area (Å²) in [5, 5.41) is 13.3. The van der Waals surface area contributed by atoms with Crippen molar-refractivity contribution < 1.29 is 0 Å². The highest BCUT2D eigenvalue weighted by Crippen LogP contribution is 2.17. The standard InChI is InChI=1S/C14H18ClN5.ClH/c15-13-6-4-12(5-7-13)14-16-18-20(17-14)11-10-19-8-2-1-3-9-19;/h4-7H,1-3,8-11H2;1H. The molecule has 1 aromatic carbocycles. The van der Waals surface area contributed by atoms with Gasteiger partial charge < -0.3 is 4.90 Å². The molecule has 2 heterocycles. The van der Waals surface area contributed by atoms with Crippen LogP contribution in [0.15, 0.2) is 24.3 Å². The molecule has 0 amide bonds. The number of halogens is 2. The second-order valence-corrected chi connectivity index (χ2v) is 5.55. The van der Waals surface area contributed by atoms with E-state index in [4.69, 9.17) is 11.6 Å². The first-order valence-corrected chi connectivity index (χ1v) is 7.45. The van der Waals surface area contributed by atoms with Crippen LogP contribution in [-0.2, 0) is 6.54 Å². The topological polar surface area (TPSA) is 46.8 Å². The summed E-state index contributed by atoms with van der Waals surface area (Å²) < 4.78 is 0. The first-order valence-electron chi connectivity index (χ1n) is 7.07. The van der Waals surface area contributed by atoms with Gasteiger partial charge in [-0.2, -0.15) is 4.80 Å². The second kappa shape index (κ2) is 7.73. The van der Waals surface area contributed by atoms with Crippen LogP contribution in [0.1, 0.15) is 19.3 Å². The van der Waals surface area contributed by atoms with Crippen LogP contribution in [0.5, 0.6) is 0 Å². The Morgan fingerprint density at radius 1 is 1.00 bits per heavy atom. The number of nitrogens with zero attached hydrogens (tertiary/aromatic N) is 5. The zero-order chi connectivity index (χ0) is 13.8. The largest absolute Gasteiger partial charge is 0.301 e. The average molecular weight is 328 g/mol. The van der Waals surface area contributed by atoms with Gasteiger partial charge in [0.1, 0.15) is 0 Å². The van der Waals surface area contributed by atoms with Crippen LogP contribution < -0.4 is 0 Å². The van der Waals surface area contributed by atoms with E-state index in [1.165, 1.54) is 32.4 Å². The monoisotopic (exact) mass is 327 g/mol. The minimum atomic E-state index is 0. The summed E-state index contributed by atoms with van der Waals surface area (Å²) in [5.74, 6) is 0.653. The minimum absolute atomic E-state index is 0. The number of tetrazole rings is 1. The lowest BCUT2D eigenvalue weighted by Gasteiger charge is -2.25. The molecule has 0 N–H and O–H groups in total. The molecule has 0 aliphatic carbocycles. The normalized spacial score (nSPS) is 15.7. The van der Waals surface area contributed by atoms with E-state index in [0.29, 0.717) is 10.8 Å². The molecular formula is C14H19Cl2N5. The third-order valence-electron chi connectivity index (χ3n) is 3.62. The Morgan fingerprint density at radius 2 is 1.71 bits per heavy atom. The molecule has 1 aliphatic heterocycles. The molecule has 0 unspecified atom stereocenters. The molecule has 0 atom stereocenters. The summed E-state index contributed by atoms with van der Waals surface area (Å²) in [6, 6.07) is 7.50. The van der Waals surface area contributed by atoms with Crippen LogP contribution in [-0.4, -0.2) is 44.7 Å². The lowest BCUT2D eigenvalue weighted by atomic mass is 10.1. The van der Waals surface area contributed by atoms with E-state index in [9.17, 15) is 0 Å². The van der Waals surface area contributed by atoms with Gasteiger partial charge in [0.05, 0.1) is 6.54 Å². The van der Waals surface area contributed by atoms with Gasteiger partial charge in [-0.3, -0.25) is 0 Å². The summed E-state index contributed by atoms with van der Waals surface area (Å²) in [6.45, 7) is 4.18. The molecule has 0 spiro atoms. The molecule has 21 heavy (non-hydrogen) atoms. The predicted molar refractivity (Wildman–Crippen MR) is 85.8 cm³/mol. The second-order valence-electron chi connectivity index (χ2n) is 5.12. The number of aromatic nitrogens is 4. The van der Waals surface area contributed by atoms with Crippen LogP contribution in [0.2, 0.25) is 5.02 Å². The molecule has 1 fully saturated rings. The number of hydrogen-bond donors (Lipinski definition) is 0. The molecule has 1 aliphatic rings. The Bertz CT molecular complexity index is 549. The lowest BCUT2D eigenvalue weighted by Crippen LogP contribution is -2.33. The fourth-order valence-corrected chi connectivity index (χ4v) is 2.59. The van der Waals surface area contributed by atoms with Gasteiger partial charge in [-0.15, -0.1) is 22.6 Å². The summed E-state index contributed by atoms with van der Waals surface area (Å²) >= 11 is 5.87. The zero-order valence-corrected chi connectivity index (χ0v) is 13.4. The van der Waals surface area contributed by atoms with E-state index < -0.39 is 0 Å². The molecule has 5 nitrogen and oxygen atoms in total. The fraction of sp³-hybridized carbons (Fsp3) is 0.500. The van der Waals surface area contributed by atoms with Crippen molar-refractivity contribution in [1.82, 2.24) is 25.1 Å². The fourth-order valence-electron chi connectivity index (χ4n) is 2.47. The lowest BCUT2D eigenvalue weighted by molar-refractivity contribution is 0.213. The Labute approximate surface area is 135 Å². The van der Waals surface area contributed by atoms with Gasteiger partial charge in [0.2, 0.25) is 5.82 Å². The van der Waals surface area contributed by atoms with E-state index in [0.717, 1.165) is 18.7 Å². The van der Waals surface area contributed by atoms with Gasteiger partial charge in [0, 0.05) is 17.1 Å². The van der Waals surface area contributed by atoms with Crippen LogP contribution >= 0.6 is 24.0 Å². The minimum Gasteiger partial charge on any atom is -0.301 e. The van der Waals surface area contributed by atoms with Crippen molar-refractivity contribution in [2.45, 2.75) is 25.8 Å². The highest BCUT2D eigenvalue weighted by molar-refractivity contribution is 6.30. The maximum Gasteiger partial charge on any atom is 0.204 e. The van der Waals surface area contributed by atoms with Gasteiger partial charge >= 0.3 is 0 Å². The Morgan fingerprint density at radius 3 is 2.43 bits per heavy atom. The molecule has 0 saturated carbocycles.